The maximum Gasteiger partial charge on any atom is 0.250 e. The second kappa shape index (κ2) is 5.09. The van der Waals surface area contributed by atoms with Gasteiger partial charge < -0.3 is 0 Å². The molecular weight excluding hydrogens is 142 g/mol. The third-order valence-electron chi connectivity index (χ3n) is 1.88. The fourth-order valence-corrected chi connectivity index (χ4v) is 1.06. The Morgan fingerprint density at radius 3 is 2.27 bits per heavy atom. The van der Waals surface area contributed by atoms with Gasteiger partial charge in [0, 0.05) is 0 Å². The lowest BCUT2D eigenvalue weighted by Crippen LogP contribution is -2.47. The van der Waals surface area contributed by atoms with Gasteiger partial charge in [-0.05, 0) is 20.0 Å². The van der Waals surface area contributed by atoms with Crippen LogP contribution in [0, 0.1) is 0 Å². The predicted octanol–water partition coefficient (Wildman–Crippen LogP) is -0.293. The highest BCUT2D eigenvalue weighted by Crippen LogP contribution is 1.96. The summed E-state index contributed by atoms with van der Waals surface area (Å²) in [6, 6.07) is -0.130. The largest absolute Gasteiger partial charge is 0.293 e. The monoisotopic (exact) mass is 159 g/mol. The van der Waals surface area contributed by atoms with Crippen molar-refractivity contribution >= 4 is 5.91 Å². The molecule has 0 unspecified atom stereocenters. The van der Waals surface area contributed by atoms with Crippen LogP contribution in [0.15, 0.2) is 0 Å². The average molecular weight is 159 g/mol. The second-order valence-corrected chi connectivity index (χ2v) is 2.41. The molecule has 4 heteroatoms. The Morgan fingerprint density at radius 1 is 1.55 bits per heavy atom. The normalized spacial score (nSPS) is 13.2. The Balaban J connectivity index is 3.97. The highest BCUT2D eigenvalue weighted by molar-refractivity contribution is 5.80. The van der Waals surface area contributed by atoms with Crippen LogP contribution >= 0.6 is 0 Å². The molecule has 0 bridgehead atoms. The summed E-state index contributed by atoms with van der Waals surface area (Å²) in [5.74, 6) is 4.86. The van der Waals surface area contributed by atoms with Crippen LogP contribution in [-0.2, 0) is 4.79 Å². The topological polar surface area (TPSA) is 58.4 Å². The quantitative estimate of drug-likeness (QED) is 0.336. The Morgan fingerprint density at radius 2 is 2.00 bits per heavy atom. The summed E-state index contributed by atoms with van der Waals surface area (Å²) >= 11 is 0. The number of carbonyl (C=O) groups excluding carboxylic acids is 1. The molecule has 0 saturated carbocycles. The molecule has 0 radical (unpaired) electrons. The van der Waals surface area contributed by atoms with Crippen LogP contribution in [0.4, 0.5) is 0 Å². The van der Waals surface area contributed by atoms with E-state index in [2.05, 4.69) is 5.43 Å². The second-order valence-electron chi connectivity index (χ2n) is 2.41. The van der Waals surface area contributed by atoms with Crippen molar-refractivity contribution in [1.82, 2.24) is 10.3 Å². The lowest BCUT2D eigenvalue weighted by atomic mass is 10.2. The summed E-state index contributed by atoms with van der Waals surface area (Å²) < 4.78 is 0. The molecule has 0 aliphatic carbocycles. The molecular formula is C7H17N3O. The molecule has 0 fully saturated rings. The van der Waals surface area contributed by atoms with Gasteiger partial charge in [0.05, 0.1) is 6.04 Å². The number of carbonyl (C=O) groups is 1. The summed E-state index contributed by atoms with van der Waals surface area (Å²) in [7, 11) is 0. The van der Waals surface area contributed by atoms with E-state index in [1.54, 1.807) is 0 Å². The van der Waals surface area contributed by atoms with Crippen molar-refractivity contribution in [2.45, 2.75) is 26.8 Å². The van der Waals surface area contributed by atoms with Gasteiger partial charge in [-0.3, -0.25) is 15.1 Å². The minimum Gasteiger partial charge on any atom is -0.293 e. The minimum absolute atomic E-state index is 0.130. The van der Waals surface area contributed by atoms with E-state index in [1.807, 2.05) is 25.7 Å². The summed E-state index contributed by atoms with van der Waals surface area (Å²) in [4.78, 5) is 13.0. The third kappa shape index (κ3) is 2.86. The van der Waals surface area contributed by atoms with Gasteiger partial charge in [-0.25, -0.2) is 5.84 Å². The van der Waals surface area contributed by atoms with E-state index in [9.17, 15) is 4.79 Å². The number of likely N-dealkylation sites (N-methyl/N-ethyl adjacent to an activating group) is 1. The van der Waals surface area contributed by atoms with Crippen LogP contribution in [0.3, 0.4) is 0 Å². The van der Waals surface area contributed by atoms with Crippen LogP contribution in [0.25, 0.3) is 0 Å². The molecule has 0 aromatic carbocycles. The highest BCUT2D eigenvalue weighted by Gasteiger charge is 2.16. The van der Waals surface area contributed by atoms with Crippen molar-refractivity contribution < 1.29 is 4.79 Å². The van der Waals surface area contributed by atoms with E-state index in [0.717, 1.165) is 13.1 Å². The van der Waals surface area contributed by atoms with Gasteiger partial charge in [0.1, 0.15) is 0 Å². The highest BCUT2D eigenvalue weighted by atomic mass is 16.2. The first kappa shape index (κ1) is 10.4. The summed E-state index contributed by atoms with van der Waals surface area (Å²) in [6.07, 6.45) is 0. The molecule has 4 nitrogen and oxygen atoms in total. The van der Waals surface area contributed by atoms with Gasteiger partial charge in [0.2, 0.25) is 0 Å². The first-order valence-electron chi connectivity index (χ1n) is 3.91. The standard InChI is InChI=1S/C7H17N3O/c1-4-10(5-2)6(3)7(11)9-8/h6H,4-5,8H2,1-3H3,(H,9,11)/t6-/m1/s1. The number of hydrogen-bond donors (Lipinski definition) is 2. The lowest BCUT2D eigenvalue weighted by molar-refractivity contribution is -0.125. The van der Waals surface area contributed by atoms with Gasteiger partial charge in [-0.2, -0.15) is 0 Å². The maximum atomic E-state index is 11.0. The summed E-state index contributed by atoms with van der Waals surface area (Å²) in [6.45, 7) is 7.61. The first-order chi connectivity index (χ1) is 5.17. The van der Waals surface area contributed by atoms with Crippen molar-refractivity contribution in [3.05, 3.63) is 0 Å². The number of rotatable bonds is 4. The van der Waals surface area contributed by atoms with E-state index in [4.69, 9.17) is 5.84 Å². The smallest absolute Gasteiger partial charge is 0.250 e. The molecule has 66 valence electrons. The number of nitrogens with zero attached hydrogens (tertiary/aromatic N) is 1. The van der Waals surface area contributed by atoms with E-state index in [1.165, 1.54) is 0 Å². The molecule has 0 aliphatic rings. The van der Waals surface area contributed by atoms with Crippen molar-refractivity contribution in [3.63, 3.8) is 0 Å². The number of nitrogens with one attached hydrogen (secondary N) is 1. The third-order valence-corrected chi connectivity index (χ3v) is 1.88. The fourth-order valence-electron chi connectivity index (χ4n) is 1.06. The zero-order valence-corrected chi connectivity index (χ0v) is 7.42. The van der Waals surface area contributed by atoms with Crippen molar-refractivity contribution in [2.24, 2.45) is 5.84 Å². The van der Waals surface area contributed by atoms with E-state index in [-0.39, 0.29) is 11.9 Å². The van der Waals surface area contributed by atoms with Crippen LogP contribution in [0.2, 0.25) is 0 Å². The van der Waals surface area contributed by atoms with Crippen LogP contribution in [-0.4, -0.2) is 29.9 Å². The van der Waals surface area contributed by atoms with E-state index in [0.29, 0.717) is 0 Å². The zero-order chi connectivity index (χ0) is 8.85. The zero-order valence-electron chi connectivity index (χ0n) is 7.42. The fraction of sp³-hybridized carbons (Fsp3) is 0.857. The Kier molecular flexibility index (Phi) is 4.81. The molecule has 11 heavy (non-hydrogen) atoms. The van der Waals surface area contributed by atoms with Gasteiger partial charge in [-0.15, -0.1) is 0 Å². The Hall–Kier alpha value is -0.610. The van der Waals surface area contributed by atoms with Gasteiger partial charge in [0.15, 0.2) is 0 Å². The SMILES string of the molecule is CCN(CC)[C@H](C)C(=O)NN. The molecule has 0 rings (SSSR count). The van der Waals surface area contributed by atoms with Crippen molar-refractivity contribution in [2.75, 3.05) is 13.1 Å². The van der Waals surface area contributed by atoms with Crippen LogP contribution in [0.5, 0.6) is 0 Å². The number of nitrogens with two attached hydrogens (primary N) is 1. The molecule has 0 aromatic rings. The molecule has 0 aromatic heterocycles. The molecule has 0 heterocycles. The molecule has 0 aliphatic heterocycles. The van der Waals surface area contributed by atoms with Crippen LogP contribution in [0.1, 0.15) is 20.8 Å². The number of hydrazine groups is 1. The Bertz CT molecular complexity index is 123. The van der Waals surface area contributed by atoms with Gasteiger partial charge in [-0.1, -0.05) is 13.8 Å². The minimum atomic E-state index is -0.131. The van der Waals surface area contributed by atoms with Crippen molar-refractivity contribution in [1.29, 1.82) is 0 Å². The number of hydrogen-bond acceptors (Lipinski definition) is 3. The van der Waals surface area contributed by atoms with E-state index >= 15 is 0 Å². The molecule has 0 saturated heterocycles. The van der Waals surface area contributed by atoms with Crippen molar-refractivity contribution in [3.8, 4) is 0 Å². The summed E-state index contributed by atoms with van der Waals surface area (Å²) in [5.41, 5.74) is 2.13. The lowest BCUT2D eigenvalue weighted by Gasteiger charge is -2.24. The predicted molar refractivity (Wildman–Crippen MR) is 44.7 cm³/mol. The van der Waals surface area contributed by atoms with E-state index < -0.39 is 0 Å². The molecule has 3 N–H and O–H groups in total. The Labute approximate surface area is 67.7 Å². The molecule has 1 amide bonds. The first-order valence-corrected chi connectivity index (χ1v) is 3.91. The maximum absolute atomic E-state index is 11.0. The van der Waals surface area contributed by atoms with Crippen LogP contribution < -0.4 is 11.3 Å². The van der Waals surface area contributed by atoms with Gasteiger partial charge in [0.25, 0.3) is 5.91 Å². The average Bonchev–Trinajstić information content (AvgIpc) is 2.05. The number of amides is 1. The van der Waals surface area contributed by atoms with Gasteiger partial charge >= 0.3 is 0 Å². The molecule has 0 spiro atoms. The summed E-state index contributed by atoms with van der Waals surface area (Å²) in [5, 5.41) is 0. The molecule has 1 atom stereocenters.